The normalized spacial score (nSPS) is 17.7. The molecule has 0 atom stereocenters. The number of nitrogens with zero attached hydrogens (tertiary/aromatic N) is 2. The maximum absolute atomic E-state index is 12.1. The molecule has 1 heterocycles. The van der Waals surface area contributed by atoms with Gasteiger partial charge in [0.1, 0.15) is 0 Å². The Labute approximate surface area is 142 Å². The van der Waals surface area contributed by atoms with Crippen LogP contribution in [0.2, 0.25) is 0 Å². The van der Waals surface area contributed by atoms with Crippen LogP contribution in [0.5, 0.6) is 0 Å². The van der Waals surface area contributed by atoms with Crippen LogP contribution in [0.15, 0.2) is 24.3 Å². The third-order valence-electron chi connectivity index (χ3n) is 3.73. The van der Waals surface area contributed by atoms with Crippen molar-refractivity contribution >= 4 is 25.8 Å². The molecule has 1 amide bonds. The Morgan fingerprint density at radius 1 is 1.04 bits per heavy atom. The Hall–Kier alpha value is -1.49. The largest absolute Gasteiger partial charge is 0.366 e. The molecule has 1 fully saturated rings. The van der Waals surface area contributed by atoms with Crippen molar-refractivity contribution in [2.75, 3.05) is 37.5 Å². The molecule has 1 saturated heterocycles. The fourth-order valence-corrected chi connectivity index (χ4v) is 6.02. The van der Waals surface area contributed by atoms with Crippen molar-refractivity contribution in [3.8, 4) is 0 Å². The highest BCUT2D eigenvalue weighted by Gasteiger charge is 2.29. The molecule has 0 aliphatic carbocycles. The lowest BCUT2D eigenvalue weighted by molar-refractivity contribution is 0.1000. The second-order valence-electron chi connectivity index (χ2n) is 5.89. The third-order valence-corrected chi connectivity index (χ3v) is 7.79. The van der Waals surface area contributed by atoms with E-state index in [4.69, 9.17) is 5.73 Å². The zero-order valence-corrected chi connectivity index (χ0v) is 15.0. The van der Waals surface area contributed by atoms with Crippen LogP contribution in [0.4, 0.5) is 0 Å². The fraction of sp³-hybridized carbons (Fsp3) is 0.500. The van der Waals surface area contributed by atoms with Crippen molar-refractivity contribution in [2.45, 2.75) is 6.54 Å². The quantitative estimate of drug-likeness (QED) is 0.698. The summed E-state index contributed by atoms with van der Waals surface area (Å²) >= 11 is 0. The van der Waals surface area contributed by atoms with Gasteiger partial charge in [-0.05, 0) is 17.7 Å². The van der Waals surface area contributed by atoms with Gasteiger partial charge in [-0.15, -0.1) is 0 Å². The number of benzene rings is 1. The first kappa shape index (κ1) is 18.8. The van der Waals surface area contributed by atoms with Crippen LogP contribution >= 0.6 is 0 Å². The minimum Gasteiger partial charge on any atom is -0.366 e. The summed E-state index contributed by atoms with van der Waals surface area (Å²) in [5.74, 6) is -0.480. The summed E-state index contributed by atoms with van der Waals surface area (Å²) in [6.07, 6.45) is 0.913. The number of primary amides is 1. The van der Waals surface area contributed by atoms with Crippen LogP contribution < -0.4 is 5.73 Å². The van der Waals surface area contributed by atoms with E-state index in [9.17, 15) is 21.6 Å². The number of carbonyl (C=O) groups excluding carboxylic acids is 1. The van der Waals surface area contributed by atoms with Crippen molar-refractivity contribution in [1.82, 2.24) is 9.21 Å². The van der Waals surface area contributed by atoms with Gasteiger partial charge in [-0.3, -0.25) is 9.69 Å². The average Bonchev–Trinajstić information content (AvgIpc) is 2.46. The Morgan fingerprint density at radius 2 is 1.58 bits per heavy atom. The van der Waals surface area contributed by atoms with E-state index in [2.05, 4.69) is 4.90 Å². The topological polar surface area (TPSA) is 118 Å². The Morgan fingerprint density at radius 3 is 2.04 bits per heavy atom. The van der Waals surface area contributed by atoms with Crippen LogP contribution in [0.1, 0.15) is 15.9 Å². The number of nitrogens with two attached hydrogens (primary N) is 1. The maximum Gasteiger partial charge on any atom is 0.248 e. The van der Waals surface area contributed by atoms with Crippen LogP contribution in [-0.4, -0.2) is 69.5 Å². The minimum absolute atomic E-state index is 0.261. The van der Waals surface area contributed by atoms with Crippen molar-refractivity contribution in [2.24, 2.45) is 5.73 Å². The Bertz CT molecular complexity index is 795. The monoisotopic (exact) mass is 375 g/mol. The first-order valence-electron chi connectivity index (χ1n) is 7.33. The van der Waals surface area contributed by atoms with E-state index in [0.29, 0.717) is 25.2 Å². The van der Waals surface area contributed by atoms with E-state index in [0.717, 1.165) is 11.8 Å². The Balaban J connectivity index is 1.92. The highest BCUT2D eigenvalue weighted by molar-refractivity contribution is 8.06. The maximum atomic E-state index is 12.1. The molecule has 0 radical (unpaired) electrons. The molecular formula is C14H21N3O5S2. The average molecular weight is 375 g/mol. The number of rotatable bonds is 6. The molecule has 0 bridgehead atoms. The molecule has 8 nitrogen and oxygen atoms in total. The summed E-state index contributed by atoms with van der Waals surface area (Å²) in [4.78, 5) is 13.1. The molecule has 1 aromatic rings. The minimum atomic E-state index is -3.79. The van der Waals surface area contributed by atoms with E-state index in [1.54, 1.807) is 12.1 Å². The predicted octanol–water partition coefficient (Wildman–Crippen LogP) is -0.765. The standard InChI is InChI=1S/C14H21N3O5S2/c1-23(19,20)11-24(21,22)17-8-6-16(7-9-17)10-12-2-4-13(5-3-12)14(15)18/h2-5H,6-11H2,1H3,(H2,15,18). The van der Waals surface area contributed by atoms with E-state index in [-0.39, 0.29) is 13.1 Å². The summed E-state index contributed by atoms with van der Waals surface area (Å²) < 4.78 is 47.8. The SMILES string of the molecule is CS(=O)(=O)CS(=O)(=O)N1CCN(Cc2ccc(C(N)=O)cc2)CC1. The number of sulfonamides is 1. The van der Waals surface area contributed by atoms with Gasteiger partial charge in [0.15, 0.2) is 14.9 Å². The second-order valence-corrected chi connectivity index (χ2v) is 10.4. The van der Waals surface area contributed by atoms with Crippen LogP contribution in [0.3, 0.4) is 0 Å². The summed E-state index contributed by atoms with van der Waals surface area (Å²) in [7, 11) is -7.37. The molecule has 24 heavy (non-hydrogen) atoms. The van der Waals surface area contributed by atoms with Gasteiger partial charge in [0.05, 0.1) is 0 Å². The summed E-state index contributed by atoms with van der Waals surface area (Å²) in [6.45, 7) is 2.18. The van der Waals surface area contributed by atoms with E-state index in [1.165, 1.54) is 4.31 Å². The molecule has 0 unspecified atom stereocenters. The number of sulfone groups is 1. The summed E-state index contributed by atoms with van der Waals surface area (Å²) in [5.41, 5.74) is 6.63. The lowest BCUT2D eigenvalue weighted by Gasteiger charge is -2.33. The number of piperazine rings is 1. The second kappa shape index (κ2) is 7.18. The molecule has 1 aliphatic heterocycles. The van der Waals surface area contributed by atoms with Gasteiger partial charge in [0, 0.05) is 44.5 Å². The zero-order chi connectivity index (χ0) is 18.0. The number of hydrogen-bond acceptors (Lipinski definition) is 6. The Kier molecular flexibility index (Phi) is 5.63. The summed E-state index contributed by atoms with van der Waals surface area (Å²) in [6, 6.07) is 6.94. The predicted molar refractivity (Wildman–Crippen MR) is 90.4 cm³/mol. The van der Waals surface area contributed by atoms with E-state index >= 15 is 0 Å². The number of hydrogen-bond donors (Lipinski definition) is 1. The van der Waals surface area contributed by atoms with Gasteiger partial charge in [-0.25, -0.2) is 16.8 Å². The van der Waals surface area contributed by atoms with Crippen LogP contribution in [-0.2, 0) is 26.4 Å². The third kappa shape index (κ3) is 5.26. The van der Waals surface area contributed by atoms with Crippen molar-refractivity contribution in [1.29, 1.82) is 0 Å². The van der Waals surface area contributed by atoms with Gasteiger partial charge >= 0.3 is 0 Å². The number of carbonyl (C=O) groups is 1. The molecule has 2 rings (SSSR count). The van der Waals surface area contributed by atoms with Gasteiger partial charge < -0.3 is 5.73 Å². The first-order valence-corrected chi connectivity index (χ1v) is 11.0. The van der Waals surface area contributed by atoms with Gasteiger partial charge in [-0.1, -0.05) is 12.1 Å². The molecule has 1 aromatic carbocycles. The van der Waals surface area contributed by atoms with E-state index < -0.39 is 30.9 Å². The fourth-order valence-electron chi connectivity index (χ4n) is 2.54. The summed E-state index contributed by atoms with van der Waals surface area (Å²) in [5, 5.41) is -0.853. The van der Waals surface area contributed by atoms with Gasteiger partial charge in [0.2, 0.25) is 15.9 Å². The molecule has 2 N–H and O–H groups in total. The smallest absolute Gasteiger partial charge is 0.248 e. The number of amides is 1. The van der Waals surface area contributed by atoms with Crippen molar-refractivity contribution in [3.63, 3.8) is 0 Å². The van der Waals surface area contributed by atoms with E-state index in [1.807, 2.05) is 12.1 Å². The molecule has 134 valence electrons. The highest BCUT2D eigenvalue weighted by atomic mass is 32.3. The zero-order valence-electron chi connectivity index (χ0n) is 13.4. The first-order chi connectivity index (χ1) is 11.1. The van der Waals surface area contributed by atoms with Crippen LogP contribution in [0.25, 0.3) is 0 Å². The molecule has 1 aliphatic rings. The lowest BCUT2D eigenvalue weighted by atomic mass is 10.1. The highest BCUT2D eigenvalue weighted by Crippen LogP contribution is 2.13. The molecule has 0 spiro atoms. The van der Waals surface area contributed by atoms with Gasteiger partial charge in [-0.2, -0.15) is 4.31 Å². The molecule has 10 heteroatoms. The van der Waals surface area contributed by atoms with Gasteiger partial charge in [0.25, 0.3) is 0 Å². The lowest BCUT2D eigenvalue weighted by Crippen LogP contribution is -2.49. The van der Waals surface area contributed by atoms with Crippen molar-refractivity contribution < 1.29 is 21.6 Å². The molecule has 0 saturated carbocycles. The van der Waals surface area contributed by atoms with Crippen molar-refractivity contribution in [3.05, 3.63) is 35.4 Å². The molecule has 0 aromatic heterocycles. The molecular weight excluding hydrogens is 354 g/mol. The van der Waals surface area contributed by atoms with Crippen LogP contribution in [0, 0.1) is 0 Å².